The molecule has 1 aliphatic heterocycles. The van der Waals surface area contributed by atoms with Gasteiger partial charge in [-0.2, -0.15) is 5.10 Å². The summed E-state index contributed by atoms with van der Waals surface area (Å²) in [5, 5.41) is 5.70. The molecule has 0 radical (unpaired) electrons. The molecule has 8 heteroatoms. The molecule has 0 aliphatic carbocycles. The minimum atomic E-state index is -0.647. The third-order valence-corrected chi connectivity index (χ3v) is 4.25. The Bertz CT molecular complexity index is 986. The van der Waals surface area contributed by atoms with E-state index in [0.717, 1.165) is 0 Å². The lowest BCUT2D eigenvalue weighted by Crippen LogP contribution is -2.14. The van der Waals surface area contributed by atoms with Gasteiger partial charge in [-0.15, -0.1) is 13.2 Å². The highest BCUT2D eigenvalue weighted by Crippen LogP contribution is 2.36. The van der Waals surface area contributed by atoms with Crippen LogP contribution in [0.2, 0.25) is 10.0 Å². The average molecular weight is 420 g/mol. The van der Waals surface area contributed by atoms with E-state index in [2.05, 4.69) is 23.1 Å². The molecule has 1 aliphatic rings. The van der Waals surface area contributed by atoms with Crippen LogP contribution in [0.15, 0.2) is 48.6 Å². The molecule has 0 saturated heterocycles. The van der Waals surface area contributed by atoms with Crippen LogP contribution in [0.4, 0.5) is 10.1 Å². The summed E-state index contributed by atoms with van der Waals surface area (Å²) in [6.45, 7) is 13.1. The summed E-state index contributed by atoms with van der Waals surface area (Å²) in [4.78, 5) is 14.8. The van der Waals surface area contributed by atoms with Crippen LogP contribution in [0.1, 0.15) is 12.0 Å². The largest absolute Gasteiger partial charge is 0.454 e. The Hall–Kier alpha value is -2.88. The number of benzene rings is 2. The summed E-state index contributed by atoms with van der Waals surface area (Å²) in [6, 6.07) is 7.42. The summed E-state index contributed by atoms with van der Waals surface area (Å²) in [5.74, 6) is -0.752. The molecule has 0 atom stereocenters. The number of nitrogens with zero attached hydrogens (tertiary/aromatic N) is 3. The quantitative estimate of drug-likeness (QED) is 0.447. The van der Waals surface area contributed by atoms with Gasteiger partial charge in [-0.1, -0.05) is 29.3 Å². The molecule has 2 aromatic rings. The summed E-state index contributed by atoms with van der Waals surface area (Å²) < 4.78 is 20.5. The van der Waals surface area contributed by atoms with Gasteiger partial charge in [-0.3, -0.25) is 4.79 Å². The van der Waals surface area contributed by atoms with Gasteiger partial charge >= 0.3 is 0 Å². The summed E-state index contributed by atoms with van der Waals surface area (Å²) >= 11 is 12.0. The Morgan fingerprint density at radius 2 is 2.04 bits per heavy atom. The van der Waals surface area contributed by atoms with Crippen LogP contribution in [0.25, 0.3) is 4.85 Å². The summed E-state index contributed by atoms with van der Waals surface area (Å²) in [7, 11) is 1.55. The van der Waals surface area contributed by atoms with E-state index in [9.17, 15) is 9.18 Å². The molecule has 0 bridgehead atoms. The molecule has 0 aromatic heterocycles. The van der Waals surface area contributed by atoms with Crippen LogP contribution in [0.3, 0.4) is 0 Å². The molecule has 1 amide bonds. The van der Waals surface area contributed by atoms with E-state index < -0.39 is 5.82 Å². The Balaban J connectivity index is 0.00000136. The van der Waals surface area contributed by atoms with Crippen molar-refractivity contribution in [1.82, 2.24) is 5.01 Å². The second kappa shape index (κ2) is 9.36. The number of carbonyl (C=O) groups is 1. The van der Waals surface area contributed by atoms with E-state index >= 15 is 0 Å². The molecule has 28 heavy (non-hydrogen) atoms. The number of ether oxygens (including phenoxy) is 1. The normalized spacial score (nSPS) is 12.8. The van der Waals surface area contributed by atoms with Crippen molar-refractivity contribution in [1.29, 1.82) is 0 Å². The number of rotatable bonds is 4. The smallest absolute Gasteiger partial charge is 0.248 e. The first-order chi connectivity index (χ1) is 13.4. The SMILES string of the molecule is C=C.[C-]#[N+]c1cc(Cl)cc(Oc2c(Cl)ccc(CC3=NN(C)C(=O)C3)c2F)c1. The maximum atomic E-state index is 14.9. The predicted molar refractivity (Wildman–Crippen MR) is 109 cm³/mol. The Morgan fingerprint density at radius 1 is 1.32 bits per heavy atom. The van der Waals surface area contributed by atoms with Crippen LogP contribution in [-0.2, 0) is 11.2 Å². The lowest BCUT2D eigenvalue weighted by molar-refractivity contribution is -0.127. The molecule has 2 aromatic carbocycles. The molecule has 0 saturated carbocycles. The average Bonchev–Trinajstić information content (AvgIpc) is 2.99. The van der Waals surface area contributed by atoms with E-state index in [4.69, 9.17) is 34.5 Å². The Labute approximate surface area is 172 Å². The highest BCUT2D eigenvalue weighted by atomic mass is 35.5. The molecule has 0 fully saturated rings. The monoisotopic (exact) mass is 419 g/mol. The van der Waals surface area contributed by atoms with Crippen molar-refractivity contribution in [2.75, 3.05) is 7.05 Å². The van der Waals surface area contributed by atoms with Crippen molar-refractivity contribution in [2.24, 2.45) is 5.10 Å². The topological polar surface area (TPSA) is 46.3 Å². The predicted octanol–water partition coefficient (Wildman–Crippen LogP) is 6.04. The van der Waals surface area contributed by atoms with Crippen molar-refractivity contribution in [3.63, 3.8) is 0 Å². The molecular weight excluding hydrogens is 404 g/mol. The second-order valence-electron chi connectivity index (χ2n) is 5.65. The van der Waals surface area contributed by atoms with Crippen LogP contribution < -0.4 is 4.74 Å². The van der Waals surface area contributed by atoms with Gasteiger partial charge in [0.2, 0.25) is 5.91 Å². The number of hydrogen-bond donors (Lipinski definition) is 0. The Morgan fingerprint density at radius 3 is 2.64 bits per heavy atom. The van der Waals surface area contributed by atoms with Crippen molar-refractivity contribution in [3.05, 3.63) is 76.3 Å². The molecule has 1 heterocycles. The van der Waals surface area contributed by atoms with Crippen molar-refractivity contribution >= 4 is 40.5 Å². The van der Waals surface area contributed by atoms with Gasteiger partial charge in [0.05, 0.1) is 23.7 Å². The van der Waals surface area contributed by atoms with E-state index in [-0.39, 0.29) is 41.0 Å². The van der Waals surface area contributed by atoms with Crippen LogP contribution >= 0.6 is 23.2 Å². The molecule has 0 spiro atoms. The minimum Gasteiger partial charge on any atom is -0.454 e. The minimum absolute atomic E-state index is 0.0807. The number of amides is 1. The number of hydrazone groups is 1. The van der Waals surface area contributed by atoms with Gasteiger partial charge in [0.25, 0.3) is 0 Å². The lowest BCUT2D eigenvalue weighted by atomic mass is 10.1. The van der Waals surface area contributed by atoms with Crippen LogP contribution in [0.5, 0.6) is 11.5 Å². The molecule has 5 nitrogen and oxygen atoms in total. The van der Waals surface area contributed by atoms with Gasteiger partial charge < -0.3 is 4.74 Å². The van der Waals surface area contributed by atoms with Gasteiger partial charge in [-0.25, -0.2) is 14.2 Å². The van der Waals surface area contributed by atoms with E-state index in [1.807, 2.05) is 0 Å². The van der Waals surface area contributed by atoms with Gasteiger partial charge in [-0.05, 0) is 29.8 Å². The zero-order valence-corrected chi connectivity index (χ0v) is 16.5. The molecule has 3 rings (SSSR count). The number of carbonyl (C=O) groups excluding carboxylic acids is 1. The number of hydrogen-bond acceptors (Lipinski definition) is 3. The number of halogens is 3. The molecule has 0 N–H and O–H groups in total. The fourth-order valence-corrected chi connectivity index (χ4v) is 2.91. The van der Waals surface area contributed by atoms with Gasteiger partial charge in [0.1, 0.15) is 5.75 Å². The fraction of sp³-hybridized carbons (Fsp3) is 0.150. The lowest BCUT2D eigenvalue weighted by Gasteiger charge is -2.12. The standard InChI is InChI=1S/C18H12Cl2FN3O2.C2H4/c1-22-12-6-11(19)7-14(8-12)26-18-15(20)4-3-10(17(18)21)5-13-9-16(25)24(2)23-13;1-2/h3-4,6-8H,5,9H2,2H3;1-2H2. The van der Waals surface area contributed by atoms with E-state index in [0.29, 0.717) is 16.3 Å². The van der Waals surface area contributed by atoms with Gasteiger partial charge in [0, 0.05) is 18.5 Å². The third kappa shape index (κ3) is 4.89. The first kappa shape index (κ1) is 21.4. The summed E-state index contributed by atoms with van der Waals surface area (Å²) in [5.41, 5.74) is 1.13. The maximum Gasteiger partial charge on any atom is 0.248 e. The van der Waals surface area contributed by atoms with Crippen molar-refractivity contribution in [3.8, 4) is 11.5 Å². The van der Waals surface area contributed by atoms with Crippen LogP contribution in [0, 0.1) is 12.4 Å². The van der Waals surface area contributed by atoms with Crippen molar-refractivity contribution < 1.29 is 13.9 Å². The zero-order chi connectivity index (χ0) is 20.8. The Kier molecular flexibility index (Phi) is 7.16. The third-order valence-electron chi connectivity index (χ3n) is 3.74. The zero-order valence-electron chi connectivity index (χ0n) is 15.0. The van der Waals surface area contributed by atoms with Crippen molar-refractivity contribution in [2.45, 2.75) is 12.8 Å². The molecule has 144 valence electrons. The first-order valence-corrected chi connectivity index (χ1v) is 8.78. The van der Waals surface area contributed by atoms with E-state index in [1.54, 1.807) is 7.05 Å². The fourth-order valence-electron chi connectivity index (χ4n) is 2.50. The highest BCUT2D eigenvalue weighted by molar-refractivity contribution is 6.32. The highest BCUT2D eigenvalue weighted by Gasteiger charge is 2.23. The summed E-state index contributed by atoms with van der Waals surface area (Å²) in [6.07, 6.45) is 0.315. The van der Waals surface area contributed by atoms with Crippen LogP contribution in [-0.4, -0.2) is 23.7 Å². The molecular formula is C20H16Cl2FN3O2. The van der Waals surface area contributed by atoms with Gasteiger partial charge in [0.15, 0.2) is 17.3 Å². The molecule has 0 unspecified atom stereocenters. The van der Waals surface area contributed by atoms with E-state index in [1.165, 1.54) is 35.3 Å². The second-order valence-corrected chi connectivity index (χ2v) is 6.49. The maximum absolute atomic E-state index is 14.9. The first-order valence-electron chi connectivity index (χ1n) is 8.03.